The van der Waals surface area contributed by atoms with E-state index in [1.807, 2.05) is 44.4 Å². The lowest BCUT2D eigenvalue weighted by atomic mass is 9.43. The summed E-state index contributed by atoms with van der Waals surface area (Å²) in [4.78, 5) is 203. The number of aromatic amines is 2. The number of nitrogens with zero attached hydrogens (tertiary/aromatic N) is 5. The van der Waals surface area contributed by atoms with Crippen LogP contribution in [0.2, 0.25) is 0 Å². The minimum Gasteiger partial charge on any atom is -0.480 e. The minimum absolute atomic E-state index is 0.000992. The Morgan fingerprint density at radius 3 is 1.78 bits per heavy atom. The molecule has 0 unspecified atom stereocenters. The number of imidazole rings is 1. The van der Waals surface area contributed by atoms with Gasteiger partial charge in [-0.2, -0.15) is 11.8 Å². The van der Waals surface area contributed by atoms with E-state index in [2.05, 4.69) is 83.6 Å². The summed E-state index contributed by atoms with van der Waals surface area (Å²) in [6.45, 7) is 14.9. The largest absolute Gasteiger partial charge is 0.480 e. The van der Waals surface area contributed by atoms with Crippen molar-refractivity contribution in [3.63, 3.8) is 0 Å². The molecule has 678 valence electrons. The maximum absolute atomic E-state index is 14.4. The summed E-state index contributed by atoms with van der Waals surface area (Å²) < 4.78 is 0. The molecule has 4 saturated carbocycles. The number of nitrogens with one attached hydrogen (secondary N) is 11. The molecule has 18 atom stereocenters. The number of fused-ring (bicyclic) bond motifs is 6. The number of carboxylic acid groups (broad SMARTS) is 3. The highest BCUT2D eigenvalue weighted by molar-refractivity contribution is 7.98. The van der Waals surface area contributed by atoms with E-state index in [1.54, 1.807) is 39.6 Å². The van der Waals surface area contributed by atoms with Crippen LogP contribution in [0.5, 0.6) is 0 Å². The van der Waals surface area contributed by atoms with E-state index in [0.29, 0.717) is 49.1 Å². The molecule has 0 spiro atoms. The topological polar surface area (TPSA) is 558 Å². The zero-order valence-corrected chi connectivity index (χ0v) is 72.7. The number of aliphatic carboxylic acids is 3. The van der Waals surface area contributed by atoms with Gasteiger partial charge in [0.2, 0.25) is 59.1 Å². The Labute approximate surface area is 716 Å². The Bertz CT molecular complexity index is 4070. The van der Waals surface area contributed by atoms with E-state index in [-0.39, 0.29) is 195 Å². The molecule has 10 amide bonds. The van der Waals surface area contributed by atoms with Crippen molar-refractivity contribution in [1.29, 1.82) is 0 Å². The second-order valence-corrected chi connectivity index (χ2v) is 36.5. The maximum Gasteiger partial charge on any atom is 0.317 e. The van der Waals surface area contributed by atoms with Crippen LogP contribution in [-0.4, -0.2) is 307 Å². The Morgan fingerprint density at radius 1 is 0.598 bits per heavy atom. The number of carboxylic acids is 3. The van der Waals surface area contributed by atoms with Crippen LogP contribution in [0, 0.1) is 58.2 Å². The Hall–Kier alpha value is -9.18. The Morgan fingerprint density at radius 2 is 1.19 bits per heavy atom. The summed E-state index contributed by atoms with van der Waals surface area (Å²) in [7, 11) is 0. The van der Waals surface area contributed by atoms with E-state index >= 15 is 0 Å². The van der Waals surface area contributed by atoms with Crippen LogP contribution >= 0.6 is 11.8 Å². The lowest BCUT2D eigenvalue weighted by molar-refractivity contribution is -0.202. The highest BCUT2D eigenvalue weighted by Crippen LogP contribution is 2.68. The molecule has 38 heteroatoms. The van der Waals surface area contributed by atoms with Crippen molar-refractivity contribution < 1.29 is 92.7 Å². The third kappa shape index (κ3) is 27.9. The number of nitrogens with two attached hydrogens (primary N) is 2. The van der Waals surface area contributed by atoms with Crippen LogP contribution in [0.25, 0.3) is 10.9 Å². The van der Waals surface area contributed by atoms with E-state index in [0.717, 1.165) is 30.2 Å². The number of ketones is 1. The number of aromatic nitrogens is 3. The zero-order valence-electron chi connectivity index (χ0n) is 71.9. The minimum atomic E-state index is -1.31. The van der Waals surface area contributed by atoms with Crippen LogP contribution in [0.4, 0.5) is 0 Å². The summed E-state index contributed by atoms with van der Waals surface area (Å²) >= 11 is 1.46. The summed E-state index contributed by atoms with van der Waals surface area (Å²) in [5.41, 5.74) is 13.2. The smallest absolute Gasteiger partial charge is 0.317 e. The number of Topliss-reactive ketones (excluding diaryl/α,β-unsaturated/α-hetero) is 1. The number of rotatable bonds is 43. The molecule has 1 aromatic carbocycles. The van der Waals surface area contributed by atoms with Gasteiger partial charge in [-0.15, -0.1) is 0 Å². The van der Waals surface area contributed by atoms with Gasteiger partial charge in [0.25, 0.3) is 0 Å². The highest BCUT2D eigenvalue weighted by atomic mass is 32.2. The zero-order chi connectivity index (χ0) is 89.4. The van der Waals surface area contributed by atoms with Crippen molar-refractivity contribution in [2.45, 2.75) is 212 Å². The number of aliphatic hydroxyl groups excluding tert-OH is 2. The second kappa shape index (κ2) is 46.0. The van der Waals surface area contributed by atoms with E-state index in [9.17, 15) is 92.7 Å². The molecule has 0 radical (unpaired) electrons. The molecule has 8 rings (SSSR count). The van der Waals surface area contributed by atoms with Gasteiger partial charge in [-0.05, 0) is 159 Å². The molecule has 2 aromatic heterocycles. The van der Waals surface area contributed by atoms with E-state index in [1.165, 1.54) is 31.2 Å². The first-order valence-corrected chi connectivity index (χ1v) is 44.3. The van der Waals surface area contributed by atoms with E-state index < -0.39 is 143 Å². The first kappa shape index (κ1) is 98.3. The number of aliphatic hydroxyl groups is 2. The molecule has 4 aliphatic carbocycles. The molecule has 5 aliphatic rings. The van der Waals surface area contributed by atoms with Crippen LogP contribution in [0.15, 0.2) is 43.0 Å². The first-order chi connectivity index (χ1) is 57.8. The molecule has 5 fully saturated rings. The number of primary amides is 1. The van der Waals surface area contributed by atoms with Crippen molar-refractivity contribution in [3.05, 3.63) is 54.2 Å². The molecular formula is C84H132N18O19S. The standard InChI is InChI=1S/C84H132N18O19S/c1-47(2)32-63(80(119)95-62(76(86)115)21-31-122-9)97-81(120)65(36-54-39-87-46-91-54)94-69(107)41-90-82(121)75(48(3)4)98-77(116)50(6)92-79(118)64(33-51-38-88-61-13-11-10-12-56(51)61)96-78(117)60(85)18-19-68(106)93-53-20-22-83(7)52(34-53)35-66(104)74-58-17-16-57(84(58,8)67(105)37-59(74)83)49(5)14-15-55(103)40-89-70(108)42-99-23-25-100(43-71(109)110)27-29-102(45-73(113)114)30-28-101(26-24-99)44-72(111)112/h10-13,38-39,46-50,52-53,57-60,62-67,74-75,88,104-105H,14-37,40-45,85H2,1-9H3,(H2,86,115)(H,87,91)(H,89,108)(H,90,121)(H,92,118)(H,93,106)(H,94,107)(H,95,119)(H,96,117)(H,97,120)(H,98,116)(H,109,110)(H,111,112)(H,113,114)/t49-,50+,52+,53+,57-,58+,59+,60+,62+,63+,64+,65+,66-,67+,74+,75+,83+,84-/m1/s1. The SMILES string of the molecule is CSCC[C@H](NC(=O)[C@H](CC(C)C)NC(=O)[C@H](Cc1cnc[nH]1)NC(=O)CNC(=O)[C@@H](NC(=O)[C@H](C)NC(=O)[C@H](Cc1c[nH]c2ccccc12)NC(=O)[C@@H](N)CCC(=O)N[C@H]1CC[C@@]2(C)[C@@H](C1)C[C@@H](O)[C@@H]1[C@@H]2C[C@H](O)[C@]2(C)[C@@H]([C@H](C)CCC(=O)CNC(=O)CN3CCN(CC(=O)O)CCN(CC(=O)O)CCN(CC(=O)O)CC3)CC[C@@H]12)C(C)C)C(N)=O. The second-order valence-electron chi connectivity index (χ2n) is 35.5. The lowest BCUT2D eigenvalue weighted by Crippen LogP contribution is -2.63. The molecule has 37 nitrogen and oxygen atoms in total. The third-order valence-electron chi connectivity index (χ3n) is 26.1. The molecule has 1 aliphatic heterocycles. The molecule has 20 N–H and O–H groups in total. The van der Waals surface area contributed by atoms with Crippen LogP contribution in [0.1, 0.15) is 150 Å². The fraction of sp³-hybridized carbons (Fsp3) is 0.702. The van der Waals surface area contributed by atoms with E-state index in [4.69, 9.17) is 11.5 Å². The fourth-order valence-corrected chi connectivity index (χ4v) is 19.7. The van der Waals surface area contributed by atoms with Gasteiger partial charge >= 0.3 is 17.9 Å². The van der Waals surface area contributed by atoms with Crippen molar-refractivity contribution in [2.24, 2.45) is 69.6 Å². The van der Waals surface area contributed by atoms with Crippen LogP contribution in [-0.2, 0) is 80.0 Å². The van der Waals surface area contributed by atoms with Gasteiger partial charge in [-0.3, -0.25) is 86.7 Å². The predicted molar refractivity (Wildman–Crippen MR) is 453 cm³/mol. The first-order valence-electron chi connectivity index (χ1n) is 42.9. The number of benzene rings is 1. The number of para-hydroxylation sites is 1. The maximum atomic E-state index is 14.4. The molecular weight excluding hydrogens is 1600 g/mol. The summed E-state index contributed by atoms with van der Waals surface area (Å²) in [6.07, 6.45) is 10.4. The summed E-state index contributed by atoms with van der Waals surface area (Å²) in [5.74, 6) is -10.2. The van der Waals surface area contributed by atoms with Crippen molar-refractivity contribution in [1.82, 2.24) is 82.4 Å². The lowest BCUT2D eigenvalue weighted by Gasteiger charge is -2.63. The normalized spacial score (nSPS) is 25.0. The number of H-pyrrole nitrogens is 2. The summed E-state index contributed by atoms with van der Waals surface area (Å²) in [5, 5.41) is 78.8. The van der Waals surface area contributed by atoms with Gasteiger partial charge in [0.15, 0.2) is 5.78 Å². The van der Waals surface area contributed by atoms with Gasteiger partial charge in [0.1, 0.15) is 36.3 Å². The van der Waals surface area contributed by atoms with Gasteiger partial charge in [-0.1, -0.05) is 66.7 Å². The van der Waals surface area contributed by atoms with Crippen LogP contribution < -0.4 is 59.3 Å². The monoisotopic (exact) mass is 1730 g/mol. The van der Waals surface area contributed by atoms with Gasteiger partial charge < -0.3 is 94.8 Å². The predicted octanol–water partition coefficient (Wildman–Crippen LogP) is -0.569. The van der Waals surface area contributed by atoms with Gasteiger partial charge in [0.05, 0.1) is 63.8 Å². The molecule has 122 heavy (non-hydrogen) atoms. The van der Waals surface area contributed by atoms with Crippen molar-refractivity contribution in [2.75, 3.05) is 104 Å². The fourth-order valence-electron chi connectivity index (χ4n) is 19.2. The third-order valence-corrected chi connectivity index (χ3v) is 26.7. The van der Waals surface area contributed by atoms with Crippen molar-refractivity contribution >= 4 is 105 Å². The number of thioether (sulfide) groups is 1. The quantitative estimate of drug-likeness (QED) is 0.0337. The molecule has 0 bridgehead atoms. The van der Waals surface area contributed by atoms with Crippen LogP contribution in [0.3, 0.4) is 0 Å². The Balaban J connectivity index is 0.801. The number of carbonyl (C=O) groups excluding carboxylic acids is 11. The van der Waals surface area contributed by atoms with Gasteiger partial charge in [0, 0.05) is 113 Å². The molecule has 1 saturated heterocycles. The average Bonchev–Trinajstić information content (AvgIpc) is 1.23. The average molecular weight is 1730 g/mol. The number of amides is 10. The molecule has 3 aromatic rings. The van der Waals surface area contributed by atoms with Gasteiger partial charge in [-0.25, -0.2) is 4.98 Å². The summed E-state index contributed by atoms with van der Waals surface area (Å²) in [6, 6.07) is -1.42. The van der Waals surface area contributed by atoms with Crippen molar-refractivity contribution in [3.8, 4) is 0 Å². The number of hydrogen-bond donors (Lipinski definition) is 18. The molecule has 3 heterocycles. The number of hydrogen-bond acceptors (Lipinski definition) is 23. The number of carbonyl (C=O) groups is 14. The Kier molecular flexibility index (Phi) is 37.0. The highest BCUT2D eigenvalue weighted by Gasteiger charge is 2.66.